The third-order valence-corrected chi connectivity index (χ3v) is 12.5. The van der Waals surface area contributed by atoms with Crippen LogP contribution in [-0.2, 0) is 5.41 Å². The molecule has 0 amide bonds. The molecule has 2 heterocycles. The molecule has 0 bridgehead atoms. The van der Waals surface area contributed by atoms with Crippen molar-refractivity contribution in [3.05, 3.63) is 253 Å². The Kier molecular flexibility index (Phi) is 8.97. The summed E-state index contributed by atoms with van der Waals surface area (Å²) in [4.78, 5) is 20.1. The minimum absolute atomic E-state index is 0.603. The maximum absolute atomic E-state index is 6.50. The highest BCUT2D eigenvalue weighted by molar-refractivity contribution is 5.88. The molecule has 1 aliphatic rings. The summed E-state index contributed by atoms with van der Waals surface area (Å²) in [5.74, 6) is 2.48. The summed E-state index contributed by atoms with van der Waals surface area (Å²) in [6.45, 7) is 0. The van der Waals surface area contributed by atoms with Gasteiger partial charge in [0.25, 0.3) is 0 Å². The van der Waals surface area contributed by atoms with Gasteiger partial charge in [0, 0.05) is 22.3 Å². The van der Waals surface area contributed by atoms with Crippen LogP contribution in [0.1, 0.15) is 22.3 Å². The third kappa shape index (κ3) is 6.33. The molecule has 0 saturated heterocycles. The zero-order valence-corrected chi connectivity index (χ0v) is 34.6. The van der Waals surface area contributed by atoms with Crippen LogP contribution in [0.4, 0.5) is 0 Å². The van der Waals surface area contributed by atoms with Crippen LogP contribution in [0.15, 0.2) is 235 Å². The minimum atomic E-state index is -0.603. The lowest BCUT2D eigenvalue weighted by Gasteiger charge is -2.34. The van der Waals surface area contributed by atoms with Gasteiger partial charge in [0.15, 0.2) is 23.1 Å². The number of fused-ring (bicyclic) bond motifs is 4. The van der Waals surface area contributed by atoms with Crippen LogP contribution >= 0.6 is 0 Å². The largest absolute Gasteiger partial charge is 0.436 e. The van der Waals surface area contributed by atoms with E-state index in [1.165, 1.54) is 27.8 Å². The van der Waals surface area contributed by atoms with E-state index in [4.69, 9.17) is 24.4 Å². The summed E-state index contributed by atoms with van der Waals surface area (Å²) in [5.41, 5.74) is 16.3. The zero-order valence-electron chi connectivity index (χ0n) is 34.6. The van der Waals surface area contributed by atoms with Gasteiger partial charge in [-0.2, -0.15) is 0 Å². The number of benzene rings is 9. The van der Waals surface area contributed by atoms with Crippen molar-refractivity contribution in [1.82, 2.24) is 19.9 Å². The number of oxazole rings is 1. The lowest BCUT2D eigenvalue weighted by molar-refractivity contribution is 0.618. The van der Waals surface area contributed by atoms with E-state index in [0.29, 0.717) is 23.4 Å². The van der Waals surface area contributed by atoms with Crippen molar-refractivity contribution < 1.29 is 4.42 Å². The molecule has 0 fully saturated rings. The average molecular weight is 819 g/mol. The highest BCUT2D eigenvalue weighted by Crippen LogP contribution is 2.56. The summed E-state index contributed by atoms with van der Waals surface area (Å²) < 4.78 is 6.50. The first-order valence-electron chi connectivity index (χ1n) is 21.5. The number of aromatic nitrogens is 4. The summed E-state index contributed by atoms with van der Waals surface area (Å²) in [6.07, 6.45) is 0. The molecule has 64 heavy (non-hydrogen) atoms. The Labute approximate surface area is 371 Å². The first kappa shape index (κ1) is 37.2. The van der Waals surface area contributed by atoms with E-state index in [2.05, 4.69) is 164 Å². The topological polar surface area (TPSA) is 64.7 Å². The van der Waals surface area contributed by atoms with E-state index >= 15 is 0 Å². The molecule has 5 heteroatoms. The molecule has 0 spiro atoms. The molecule has 0 N–H and O–H groups in total. The maximum atomic E-state index is 6.50. The van der Waals surface area contributed by atoms with Gasteiger partial charge in [-0.3, -0.25) is 0 Å². The zero-order chi connectivity index (χ0) is 42.5. The predicted molar refractivity (Wildman–Crippen MR) is 257 cm³/mol. The van der Waals surface area contributed by atoms with Gasteiger partial charge >= 0.3 is 0 Å². The number of hydrogen-bond donors (Lipinski definition) is 0. The molecule has 2 aromatic heterocycles. The van der Waals surface area contributed by atoms with Gasteiger partial charge in [0.1, 0.15) is 5.52 Å². The van der Waals surface area contributed by atoms with Crippen molar-refractivity contribution in [2.75, 3.05) is 0 Å². The van der Waals surface area contributed by atoms with Crippen molar-refractivity contribution in [3.8, 4) is 79.0 Å². The third-order valence-electron chi connectivity index (χ3n) is 12.5. The molecular formula is C59H38N4O. The smallest absolute Gasteiger partial charge is 0.227 e. The van der Waals surface area contributed by atoms with Crippen molar-refractivity contribution in [2.45, 2.75) is 5.41 Å². The normalized spacial score (nSPS) is 12.5. The van der Waals surface area contributed by atoms with Crippen LogP contribution in [-0.4, -0.2) is 19.9 Å². The molecule has 1 aliphatic carbocycles. The van der Waals surface area contributed by atoms with E-state index in [1.807, 2.05) is 66.7 Å². The fourth-order valence-electron chi connectivity index (χ4n) is 9.46. The predicted octanol–water partition coefficient (Wildman–Crippen LogP) is 14.4. The molecule has 0 atom stereocenters. The first-order valence-corrected chi connectivity index (χ1v) is 21.5. The molecule has 0 radical (unpaired) electrons. The van der Waals surface area contributed by atoms with Gasteiger partial charge in [-0.15, -0.1) is 0 Å². The number of nitrogens with zero attached hydrogens (tertiary/aromatic N) is 4. The highest BCUT2D eigenvalue weighted by Gasteiger charge is 2.46. The van der Waals surface area contributed by atoms with E-state index in [0.717, 1.165) is 61.2 Å². The van der Waals surface area contributed by atoms with Gasteiger partial charge in [-0.25, -0.2) is 19.9 Å². The van der Waals surface area contributed by atoms with E-state index < -0.39 is 5.41 Å². The summed E-state index contributed by atoms with van der Waals surface area (Å²) >= 11 is 0. The van der Waals surface area contributed by atoms with Crippen LogP contribution < -0.4 is 0 Å². The van der Waals surface area contributed by atoms with E-state index in [9.17, 15) is 0 Å². The summed E-state index contributed by atoms with van der Waals surface area (Å²) in [7, 11) is 0. The summed E-state index contributed by atoms with van der Waals surface area (Å²) in [5, 5.41) is 0. The highest BCUT2D eigenvalue weighted by atomic mass is 16.3. The fraction of sp³-hybridized carbons (Fsp3) is 0.0169. The number of hydrogen-bond acceptors (Lipinski definition) is 5. The minimum Gasteiger partial charge on any atom is -0.436 e. The molecule has 12 rings (SSSR count). The van der Waals surface area contributed by atoms with Gasteiger partial charge in [-0.1, -0.05) is 194 Å². The maximum Gasteiger partial charge on any atom is 0.227 e. The number of rotatable bonds is 8. The van der Waals surface area contributed by atoms with Crippen LogP contribution in [0.3, 0.4) is 0 Å². The molecule has 0 saturated carbocycles. The van der Waals surface area contributed by atoms with Gasteiger partial charge in [-0.05, 0) is 92.0 Å². The SMILES string of the molecule is c1ccc(-c2cccc(-c3nc(-c4ccccc4)nc(-c4cccc(-c5ccc(C6(c7ccc8nc(-c9ccccc9)oc8c7)c7ccccc7-c7ccccc76)cc5)c4)n3)c2)cc1. The Morgan fingerprint density at radius 3 is 1.31 bits per heavy atom. The second-order valence-electron chi connectivity index (χ2n) is 16.2. The van der Waals surface area contributed by atoms with Gasteiger partial charge < -0.3 is 4.42 Å². The Hall–Kier alpha value is -8.54. The van der Waals surface area contributed by atoms with Crippen LogP contribution in [0.5, 0.6) is 0 Å². The van der Waals surface area contributed by atoms with Crippen LogP contribution in [0, 0.1) is 0 Å². The summed E-state index contributed by atoms with van der Waals surface area (Å²) in [6, 6.07) is 80.7. The molecule has 9 aromatic carbocycles. The second-order valence-corrected chi connectivity index (χ2v) is 16.2. The fourth-order valence-corrected chi connectivity index (χ4v) is 9.46. The second kappa shape index (κ2) is 15.4. The lowest BCUT2D eigenvalue weighted by Crippen LogP contribution is -2.28. The Morgan fingerprint density at radius 1 is 0.297 bits per heavy atom. The molecule has 11 aromatic rings. The molecule has 0 unspecified atom stereocenters. The molecule has 5 nitrogen and oxygen atoms in total. The monoisotopic (exact) mass is 818 g/mol. The Bertz CT molecular complexity index is 3440. The molecular weight excluding hydrogens is 781 g/mol. The van der Waals surface area contributed by atoms with E-state index in [1.54, 1.807) is 0 Å². The molecule has 300 valence electrons. The Morgan fingerprint density at radius 2 is 0.734 bits per heavy atom. The van der Waals surface area contributed by atoms with Gasteiger partial charge in [0.05, 0.1) is 5.41 Å². The van der Waals surface area contributed by atoms with Crippen LogP contribution in [0.2, 0.25) is 0 Å². The van der Waals surface area contributed by atoms with Crippen molar-refractivity contribution >= 4 is 11.1 Å². The van der Waals surface area contributed by atoms with Crippen molar-refractivity contribution in [1.29, 1.82) is 0 Å². The quantitative estimate of drug-likeness (QED) is 0.153. The van der Waals surface area contributed by atoms with Crippen LogP contribution in [0.25, 0.3) is 90.1 Å². The molecule has 0 aliphatic heterocycles. The standard InChI is InChI=1S/C59H38N4O/c1-4-16-39(17-5-1)43-22-14-24-45(36-43)56-61-55(41-18-6-2-7-19-41)62-57(63-56)46-25-15-23-44(37-46)40-30-32-47(33-31-40)59(51-28-12-10-26-49(51)50-27-11-13-29-52(50)59)48-34-35-53-54(38-48)64-58(60-53)42-20-8-3-9-21-42/h1-38H. The van der Waals surface area contributed by atoms with Crippen molar-refractivity contribution in [3.63, 3.8) is 0 Å². The first-order chi connectivity index (χ1) is 31.7. The Balaban J connectivity index is 0.962. The average Bonchev–Trinajstić information content (AvgIpc) is 3.95. The van der Waals surface area contributed by atoms with Gasteiger partial charge in [0.2, 0.25) is 5.89 Å². The lowest BCUT2D eigenvalue weighted by atomic mass is 9.67. The van der Waals surface area contributed by atoms with E-state index in [-0.39, 0.29) is 0 Å². The van der Waals surface area contributed by atoms with Crippen molar-refractivity contribution in [2.24, 2.45) is 0 Å².